The fourth-order valence-corrected chi connectivity index (χ4v) is 3.36. The summed E-state index contributed by atoms with van der Waals surface area (Å²) in [7, 11) is 1.62. The average molecular weight is 471 g/mol. The van der Waals surface area contributed by atoms with Crippen molar-refractivity contribution in [1.82, 2.24) is 0 Å². The van der Waals surface area contributed by atoms with E-state index in [2.05, 4.69) is 0 Å². The number of hydrogen-bond donors (Lipinski definition) is 1. The topological polar surface area (TPSA) is 82.1 Å². The van der Waals surface area contributed by atoms with Gasteiger partial charge in [-0.3, -0.25) is 9.59 Å². The lowest BCUT2D eigenvalue weighted by molar-refractivity contribution is -0.133. The number of methoxy groups -OCH3 is 1. The van der Waals surface area contributed by atoms with Crippen LogP contribution in [0.3, 0.4) is 0 Å². The molecule has 2 rings (SSSR count). The second kappa shape index (κ2) is 13.4. The third kappa shape index (κ3) is 9.75. The molecule has 0 saturated carbocycles. The van der Waals surface area contributed by atoms with Gasteiger partial charge in [-0.2, -0.15) is 0 Å². The molecule has 3 unspecified atom stereocenters. The van der Waals surface area contributed by atoms with Crippen molar-refractivity contribution < 1.29 is 28.9 Å². The Hall–Kier alpha value is -2.54. The number of ketones is 2. The first kappa shape index (κ1) is 27.7. The van der Waals surface area contributed by atoms with Crippen molar-refractivity contribution in [3.05, 3.63) is 65.7 Å². The van der Waals surface area contributed by atoms with Gasteiger partial charge in [0.05, 0.1) is 45.1 Å². The molecule has 0 radical (unpaired) electrons. The highest BCUT2D eigenvalue weighted by Gasteiger charge is 2.27. The van der Waals surface area contributed by atoms with Crippen molar-refractivity contribution in [3.63, 3.8) is 0 Å². The van der Waals surface area contributed by atoms with E-state index in [1.807, 2.05) is 61.5 Å². The Morgan fingerprint density at radius 2 is 1.50 bits per heavy atom. The van der Waals surface area contributed by atoms with Gasteiger partial charge in [0.1, 0.15) is 17.3 Å². The summed E-state index contributed by atoms with van der Waals surface area (Å²) in [6.07, 6.45) is -1.72. The van der Waals surface area contributed by atoms with Gasteiger partial charge in [0.15, 0.2) is 0 Å². The lowest BCUT2D eigenvalue weighted by Gasteiger charge is -2.27. The largest absolute Gasteiger partial charge is 0.497 e. The van der Waals surface area contributed by atoms with E-state index in [9.17, 15) is 14.7 Å². The van der Waals surface area contributed by atoms with Crippen molar-refractivity contribution in [2.45, 2.75) is 78.5 Å². The standard InChI is InChI=1S/C28H38O6/c1-20(33-18-21-9-7-6-8-10-21)26(34-19-22-11-13-25(32-5)14-12-22)16-23(29)15-24(30)17-27(31)28(2,3)4/h6-14,20,23,26,29H,15-19H2,1-5H3. The molecule has 0 aliphatic carbocycles. The fraction of sp³-hybridized carbons (Fsp3) is 0.500. The van der Waals surface area contributed by atoms with Gasteiger partial charge < -0.3 is 19.3 Å². The van der Waals surface area contributed by atoms with Crippen LogP contribution in [0.25, 0.3) is 0 Å². The monoisotopic (exact) mass is 470 g/mol. The Morgan fingerprint density at radius 1 is 0.912 bits per heavy atom. The second-order valence-electron chi connectivity index (χ2n) is 9.68. The SMILES string of the molecule is COc1ccc(COC(CC(O)CC(=O)CC(=O)C(C)(C)C)C(C)OCc2ccccc2)cc1. The molecule has 6 heteroatoms. The summed E-state index contributed by atoms with van der Waals surface area (Å²) >= 11 is 0. The molecule has 2 aromatic rings. The molecule has 34 heavy (non-hydrogen) atoms. The molecule has 0 saturated heterocycles. The highest BCUT2D eigenvalue weighted by atomic mass is 16.5. The van der Waals surface area contributed by atoms with Gasteiger partial charge in [-0.05, 0) is 30.2 Å². The Bertz CT molecular complexity index is 885. The van der Waals surface area contributed by atoms with Crippen molar-refractivity contribution >= 4 is 11.6 Å². The molecule has 2 aromatic carbocycles. The Morgan fingerprint density at radius 3 is 2.09 bits per heavy atom. The van der Waals surface area contributed by atoms with Crippen LogP contribution in [0.15, 0.2) is 54.6 Å². The summed E-state index contributed by atoms with van der Waals surface area (Å²) in [4.78, 5) is 24.5. The second-order valence-corrected chi connectivity index (χ2v) is 9.68. The van der Waals surface area contributed by atoms with Crippen LogP contribution in [-0.2, 0) is 32.3 Å². The van der Waals surface area contributed by atoms with Crippen LogP contribution < -0.4 is 4.74 Å². The number of aliphatic hydroxyl groups is 1. The number of Topliss-reactive ketones (excluding diaryl/α,β-unsaturated/α-hetero) is 2. The third-order valence-corrected chi connectivity index (χ3v) is 5.66. The summed E-state index contributed by atoms with van der Waals surface area (Å²) < 4.78 is 17.4. The third-order valence-electron chi connectivity index (χ3n) is 5.66. The van der Waals surface area contributed by atoms with Gasteiger partial charge in [0.25, 0.3) is 0 Å². The quantitative estimate of drug-likeness (QED) is 0.396. The maximum atomic E-state index is 12.3. The molecule has 0 fully saturated rings. The molecule has 0 spiro atoms. The first-order valence-corrected chi connectivity index (χ1v) is 11.7. The average Bonchev–Trinajstić information content (AvgIpc) is 2.80. The number of benzene rings is 2. The maximum Gasteiger partial charge on any atom is 0.145 e. The lowest BCUT2D eigenvalue weighted by Crippen LogP contribution is -2.34. The Balaban J connectivity index is 1.99. The fourth-order valence-electron chi connectivity index (χ4n) is 3.36. The van der Waals surface area contributed by atoms with Crippen LogP contribution >= 0.6 is 0 Å². The molecule has 0 aliphatic rings. The van der Waals surface area contributed by atoms with Gasteiger partial charge in [0, 0.05) is 18.3 Å². The highest BCUT2D eigenvalue weighted by Crippen LogP contribution is 2.21. The zero-order chi connectivity index (χ0) is 25.1. The van der Waals surface area contributed by atoms with Crippen LogP contribution in [0.4, 0.5) is 0 Å². The van der Waals surface area contributed by atoms with E-state index in [0.29, 0.717) is 13.2 Å². The highest BCUT2D eigenvalue weighted by molar-refractivity contribution is 6.01. The molecular weight excluding hydrogens is 432 g/mol. The van der Waals surface area contributed by atoms with E-state index in [0.717, 1.165) is 16.9 Å². The van der Waals surface area contributed by atoms with Gasteiger partial charge in [0.2, 0.25) is 0 Å². The molecule has 0 bridgehead atoms. The predicted molar refractivity (Wildman–Crippen MR) is 132 cm³/mol. The van der Waals surface area contributed by atoms with E-state index in [4.69, 9.17) is 14.2 Å². The summed E-state index contributed by atoms with van der Waals surface area (Å²) in [5.74, 6) is 0.370. The Kier molecular flexibility index (Phi) is 10.9. The number of ether oxygens (including phenoxy) is 3. The number of aliphatic hydroxyl groups excluding tert-OH is 1. The van der Waals surface area contributed by atoms with E-state index < -0.39 is 17.6 Å². The summed E-state index contributed by atoms with van der Waals surface area (Å²) in [6, 6.07) is 17.4. The van der Waals surface area contributed by atoms with Gasteiger partial charge >= 0.3 is 0 Å². The molecule has 1 N–H and O–H groups in total. The van der Waals surface area contributed by atoms with E-state index in [1.54, 1.807) is 27.9 Å². The van der Waals surface area contributed by atoms with Crippen molar-refractivity contribution in [3.8, 4) is 5.75 Å². The first-order valence-electron chi connectivity index (χ1n) is 11.7. The van der Waals surface area contributed by atoms with E-state index in [1.165, 1.54) is 0 Å². The Labute approximate surface area is 203 Å². The van der Waals surface area contributed by atoms with Crippen LogP contribution in [0.1, 0.15) is 58.1 Å². The first-order chi connectivity index (χ1) is 16.1. The van der Waals surface area contributed by atoms with E-state index >= 15 is 0 Å². The van der Waals surface area contributed by atoms with Gasteiger partial charge in [-0.1, -0.05) is 63.2 Å². The minimum Gasteiger partial charge on any atom is -0.497 e. The minimum absolute atomic E-state index is 0.0877. The summed E-state index contributed by atoms with van der Waals surface area (Å²) in [5.41, 5.74) is 1.42. The smallest absolute Gasteiger partial charge is 0.145 e. The molecule has 0 aromatic heterocycles. The molecule has 0 heterocycles. The number of carbonyl (C=O) groups excluding carboxylic acids is 2. The zero-order valence-electron chi connectivity index (χ0n) is 21.0. The molecule has 0 amide bonds. The predicted octanol–water partition coefficient (Wildman–Crippen LogP) is 4.90. The van der Waals surface area contributed by atoms with Crippen LogP contribution in [0, 0.1) is 5.41 Å². The minimum atomic E-state index is -0.927. The maximum absolute atomic E-state index is 12.3. The van der Waals surface area contributed by atoms with Crippen molar-refractivity contribution in [2.75, 3.05) is 7.11 Å². The zero-order valence-corrected chi connectivity index (χ0v) is 21.0. The lowest BCUT2D eigenvalue weighted by atomic mass is 9.87. The number of carbonyl (C=O) groups is 2. The van der Waals surface area contributed by atoms with Crippen LogP contribution in [0.5, 0.6) is 5.75 Å². The van der Waals surface area contributed by atoms with Gasteiger partial charge in [-0.25, -0.2) is 0 Å². The molecule has 0 aliphatic heterocycles. The number of hydrogen-bond acceptors (Lipinski definition) is 6. The van der Waals surface area contributed by atoms with Crippen LogP contribution in [0.2, 0.25) is 0 Å². The molecule has 186 valence electrons. The number of rotatable bonds is 14. The van der Waals surface area contributed by atoms with Crippen molar-refractivity contribution in [1.29, 1.82) is 0 Å². The van der Waals surface area contributed by atoms with Crippen molar-refractivity contribution in [2.24, 2.45) is 5.41 Å². The van der Waals surface area contributed by atoms with Crippen LogP contribution in [-0.4, -0.2) is 42.1 Å². The van der Waals surface area contributed by atoms with Gasteiger partial charge in [-0.15, -0.1) is 0 Å². The van der Waals surface area contributed by atoms with E-state index in [-0.39, 0.29) is 36.9 Å². The summed E-state index contributed by atoms with van der Waals surface area (Å²) in [5, 5.41) is 10.6. The molecule has 6 nitrogen and oxygen atoms in total. The molecular formula is C28H38O6. The normalized spacial score (nSPS) is 14.3. The molecule has 3 atom stereocenters. The summed E-state index contributed by atoms with van der Waals surface area (Å²) in [6.45, 7) is 8.01.